The fourth-order valence-corrected chi connectivity index (χ4v) is 2.22. The normalized spacial score (nSPS) is 10.8. The minimum absolute atomic E-state index is 0.389. The zero-order valence-corrected chi connectivity index (χ0v) is 11.2. The van der Waals surface area contributed by atoms with E-state index in [0.29, 0.717) is 5.92 Å². The minimum Gasteiger partial charge on any atom is -0.356 e. The van der Waals surface area contributed by atoms with Gasteiger partial charge in [-0.2, -0.15) is 4.37 Å². The summed E-state index contributed by atoms with van der Waals surface area (Å²) in [4.78, 5) is 4.45. The van der Waals surface area contributed by atoms with Crippen LogP contribution < -0.4 is 5.32 Å². The van der Waals surface area contributed by atoms with Gasteiger partial charge in [0, 0.05) is 24.0 Å². The fourth-order valence-electron chi connectivity index (χ4n) is 1.52. The Balaban J connectivity index is 2.00. The summed E-state index contributed by atoms with van der Waals surface area (Å²) in [5.41, 5.74) is 2.60. The van der Waals surface area contributed by atoms with Crippen LogP contribution in [0.15, 0.2) is 24.3 Å². The van der Waals surface area contributed by atoms with Crippen molar-refractivity contribution in [3.63, 3.8) is 0 Å². The number of benzene rings is 1. The second-order valence-electron chi connectivity index (χ2n) is 4.39. The van der Waals surface area contributed by atoms with Crippen LogP contribution in [-0.4, -0.2) is 9.36 Å². The molecule has 0 saturated heterocycles. The molecule has 1 aromatic carbocycles. The van der Waals surface area contributed by atoms with Gasteiger partial charge in [0.05, 0.1) is 0 Å². The standard InChI is InChI=1S/C13H17N3S/c1-9(2)12-15-13(17-16-12)14-8-11-7-5-4-6-10(11)3/h4-7,9H,8H2,1-3H3,(H,14,15,16). The number of anilines is 1. The van der Waals surface area contributed by atoms with Crippen LogP contribution in [0.3, 0.4) is 0 Å². The van der Waals surface area contributed by atoms with Gasteiger partial charge in [0.15, 0.2) is 0 Å². The van der Waals surface area contributed by atoms with E-state index in [9.17, 15) is 0 Å². The molecule has 0 unspecified atom stereocenters. The molecule has 2 aromatic rings. The molecule has 0 atom stereocenters. The van der Waals surface area contributed by atoms with E-state index < -0.39 is 0 Å². The number of hydrogen-bond donors (Lipinski definition) is 1. The second kappa shape index (κ2) is 5.27. The molecule has 1 aromatic heterocycles. The smallest absolute Gasteiger partial charge is 0.202 e. The lowest BCUT2D eigenvalue weighted by Crippen LogP contribution is -2.01. The van der Waals surface area contributed by atoms with Crippen molar-refractivity contribution in [3.05, 3.63) is 41.2 Å². The van der Waals surface area contributed by atoms with Crippen LogP contribution in [0.2, 0.25) is 0 Å². The lowest BCUT2D eigenvalue weighted by atomic mass is 10.1. The van der Waals surface area contributed by atoms with Crippen LogP contribution in [-0.2, 0) is 6.54 Å². The maximum absolute atomic E-state index is 4.45. The third-order valence-electron chi connectivity index (χ3n) is 2.65. The van der Waals surface area contributed by atoms with Gasteiger partial charge in [-0.25, -0.2) is 4.98 Å². The van der Waals surface area contributed by atoms with Gasteiger partial charge >= 0.3 is 0 Å². The van der Waals surface area contributed by atoms with E-state index in [1.165, 1.54) is 22.7 Å². The highest BCUT2D eigenvalue weighted by Gasteiger charge is 2.07. The maximum Gasteiger partial charge on any atom is 0.202 e. The van der Waals surface area contributed by atoms with Crippen LogP contribution in [0, 0.1) is 6.92 Å². The molecule has 2 rings (SSSR count). The highest BCUT2D eigenvalue weighted by Crippen LogP contribution is 2.18. The fraction of sp³-hybridized carbons (Fsp3) is 0.385. The first-order chi connectivity index (χ1) is 8.16. The first kappa shape index (κ1) is 12.0. The molecule has 0 aliphatic heterocycles. The first-order valence-electron chi connectivity index (χ1n) is 5.79. The molecule has 1 N–H and O–H groups in total. The SMILES string of the molecule is Cc1ccccc1CNc1nc(C(C)C)ns1. The summed E-state index contributed by atoms with van der Waals surface area (Å²) in [7, 11) is 0. The van der Waals surface area contributed by atoms with Crippen molar-refractivity contribution >= 4 is 16.7 Å². The van der Waals surface area contributed by atoms with Crippen molar-refractivity contribution in [2.75, 3.05) is 5.32 Å². The molecular weight excluding hydrogens is 230 g/mol. The van der Waals surface area contributed by atoms with Crippen LogP contribution in [0.5, 0.6) is 0 Å². The molecular formula is C13H17N3S. The van der Waals surface area contributed by atoms with E-state index in [4.69, 9.17) is 0 Å². The molecule has 0 saturated carbocycles. The van der Waals surface area contributed by atoms with Crippen molar-refractivity contribution in [3.8, 4) is 0 Å². The lowest BCUT2D eigenvalue weighted by molar-refractivity contribution is 0.799. The summed E-state index contributed by atoms with van der Waals surface area (Å²) in [6.45, 7) is 7.14. The van der Waals surface area contributed by atoms with Crippen LogP contribution >= 0.6 is 11.5 Å². The van der Waals surface area contributed by atoms with E-state index in [0.717, 1.165) is 17.5 Å². The predicted octanol–water partition coefficient (Wildman–Crippen LogP) is 3.58. The summed E-state index contributed by atoms with van der Waals surface area (Å²) >= 11 is 1.43. The highest BCUT2D eigenvalue weighted by molar-refractivity contribution is 7.09. The van der Waals surface area contributed by atoms with Gasteiger partial charge in [-0.3, -0.25) is 0 Å². The van der Waals surface area contributed by atoms with Crippen LogP contribution in [0.4, 0.5) is 5.13 Å². The van der Waals surface area contributed by atoms with Gasteiger partial charge in [0.25, 0.3) is 0 Å². The zero-order valence-electron chi connectivity index (χ0n) is 10.4. The Labute approximate surface area is 106 Å². The number of aromatic nitrogens is 2. The van der Waals surface area contributed by atoms with Gasteiger partial charge in [0.2, 0.25) is 5.13 Å². The quantitative estimate of drug-likeness (QED) is 0.897. The van der Waals surface area contributed by atoms with E-state index >= 15 is 0 Å². The Morgan fingerprint density at radius 3 is 2.71 bits per heavy atom. The Morgan fingerprint density at radius 2 is 2.06 bits per heavy atom. The Bertz CT molecular complexity index is 491. The third kappa shape index (κ3) is 3.03. The number of nitrogens with zero attached hydrogens (tertiary/aromatic N) is 2. The van der Waals surface area contributed by atoms with Crippen LogP contribution in [0.1, 0.15) is 36.7 Å². The van der Waals surface area contributed by atoms with Gasteiger partial charge in [-0.1, -0.05) is 38.1 Å². The summed E-state index contributed by atoms with van der Waals surface area (Å²) < 4.78 is 4.32. The molecule has 17 heavy (non-hydrogen) atoms. The second-order valence-corrected chi connectivity index (χ2v) is 5.14. The average molecular weight is 247 g/mol. The van der Waals surface area contributed by atoms with Crippen LogP contribution in [0.25, 0.3) is 0 Å². The van der Waals surface area contributed by atoms with E-state index in [-0.39, 0.29) is 0 Å². The first-order valence-corrected chi connectivity index (χ1v) is 6.56. The molecule has 0 aliphatic rings. The Kier molecular flexibility index (Phi) is 3.74. The van der Waals surface area contributed by atoms with E-state index in [2.05, 4.69) is 59.7 Å². The maximum atomic E-state index is 4.45. The molecule has 0 radical (unpaired) electrons. The van der Waals surface area contributed by atoms with Crippen molar-refractivity contribution in [1.29, 1.82) is 0 Å². The van der Waals surface area contributed by atoms with E-state index in [1.807, 2.05) is 0 Å². The Hall–Kier alpha value is -1.42. The van der Waals surface area contributed by atoms with Crippen molar-refractivity contribution in [1.82, 2.24) is 9.36 Å². The van der Waals surface area contributed by atoms with Gasteiger partial charge in [0.1, 0.15) is 5.82 Å². The number of hydrogen-bond acceptors (Lipinski definition) is 4. The summed E-state index contributed by atoms with van der Waals surface area (Å²) in [6, 6.07) is 8.37. The molecule has 4 heteroatoms. The van der Waals surface area contributed by atoms with E-state index in [1.54, 1.807) is 0 Å². The largest absolute Gasteiger partial charge is 0.356 e. The number of rotatable bonds is 4. The summed E-state index contributed by atoms with van der Waals surface area (Å²) in [5, 5.41) is 4.22. The third-order valence-corrected chi connectivity index (χ3v) is 3.34. The summed E-state index contributed by atoms with van der Waals surface area (Å²) in [6.07, 6.45) is 0. The number of aryl methyl sites for hydroxylation is 1. The average Bonchev–Trinajstić information content (AvgIpc) is 2.77. The minimum atomic E-state index is 0.389. The van der Waals surface area contributed by atoms with Gasteiger partial charge in [-0.15, -0.1) is 0 Å². The topological polar surface area (TPSA) is 37.8 Å². The molecule has 0 bridgehead atoms. The van der Waals surface area contributed by atoms with Crippen molar-refractivity contribution in [2.24, 2.45) is 0 Å². The monoisotopic (exact) mass is 247 g/mol. The summed E-state index contributed by atoms with van der Waals surface area (Å²) in [5.74, 6) is 1.31. The van der Waals surface area contributed by atoms with Gasteiger partial charge in [-0.05, 0) is 18.1 Å². The molecule has 3 nitrogen and oxygen atoms in total. The lowest BCUT2D eigenvalue weighted by Gasteiger charge is -2.05. The van der Waals surface area contributed by atoms with Crippen molar-refractivity contribution < 1.29 is 0 Å². The highest BCUT2D eigenvalue weighted by atomic mass is 32.1. The molecule has 0 spiro atoms. The molecule has 0 amide bonds. The van der Waals surface area contributed by atoms with Crippen molar-refractivity contribution in [2.45, 2.75) is 33.2 Å². The molecule has 0 aliphatic carbocycles. The number of nitrogens with one attached hydrogen (secondary N) is 1. The zero-order chi connectivity index (χ0) is 12.3. The predicted molar refractivity (Wildman–Crippen MR) is 72.5 cm³/mol. The van der Waals surface area contributed by atoms with Gasteiger partial charge < -0.3 is 5.32 Å². The Morgan fingerprint density at radius 1 is 1.29 bits per heavy atom. The molecule has 90 valence electrons. The molecule has 1 heterocycles. The molecule has 0 fully saturated rings.